The Morgan fingerprint density at radius 1 is 1.15 bits per heavy atom. The minimum Gasteiger partial charge on any atom is -0.466 e. The Bertz CT molecular complexity index is 782. The van der Waals surface area contributed by atoms with E-state index < -0.39 is 5.97 Å². The molecule has 0 aliphatic carbocycles. The fourth-order valence-corrected chi connectivity index (χ4v) is 4.95. The van der Waals surface area contributed by atoms with Crippen LogP contribution in [0.2, 0.25) is 0 Å². The zero-order valence-electron chi connectivity index (χ0n) is 19.9. The van der Waals surface area contributed by atoms with Crippen LogP contribution in [0.15, 0.2) is 24.5 Å². The van der Waals surface area contributed by atoms with Crippen LogP contribution < -0.4 is 10.2 Å². The van der Waals surface area contributed by atoms with Gasteiger partial charge < -0.3 is 29.5 Å². The van der Waals surface area contributed by atoms with Crippen LogP contribution in [0.3, 0.4) is 0 Å². The molecule has 0 saturated carbocycles. The maximum Gasteiger partial charge on any atom is 0.320 e. The summed E-state index contributed by atoms with van der Waals surface area (Å²) in [6.45, 7) is 7.83. The third-order valence-corrected chi connectivity index (χ3v) is 6.98. The molecule has 1 spiro atoms. The van der Waals surface area contributed by atoms with Crippen molar-refractivity contribution in [2.75, 3.05) is 57.8 Å². The minimum absolute atomic E-state index is 0.131. The SMILES string of the molecule is CCOC(=O)CC=O.CNC1CCN(C(=O)N2CCC3(CC2)CCN(c2ccncc2)C3)C1. The molecule has 4 rings (SSSR count). The number of nitrogens with one attached hydrogen (secondary N) is 1. The van der Waals surface area contributed by atoms with Gasteiger partial charge in [-0.25, -0.2) is 4.79 Å². The molecular weight excluding hydrogens is 422 g/mol. The molecule has 4 heterocycles. The molecule has 3 saturated heterocycles. The summed E-state index contributed by atoms with van der Waals surface area (Å²) < 4.78 is 4.41. The van der Waals surface area contributed by atoms with E-state index in [4.69, 9.17) is 0 Å². The van der Waals surface area contributed by atoms with Gasteiger partial charge in [-0.1, -0.05) is 0 Å². The van der Waals surface area contributed by atoms with Gasteiger partial charge in [-0.3, -0.25) is 9.78 Å². The molecule has 1 aromatic rings. The van der Waals surface area contributed by atoms with Gasteiger partial charge in [0.15, 0.2) is 0 Å². The number of hydrogen-bond donors (Lipinski definition) is 1. The standard InChI is InChI=1S/C19H29N5O.C5H8O3/c1-20-16-4-10-23(14-16)18(25)22-11-5-19(6-12-22)7-13-24(15-19)17-2-8-21-9-3-17;1-2-8-5(7)3-4-6/h2-3,8-9,16,20H,4-7,10-15H2,1H3;4H,2-3H2,1H3. The average molecular weight is 460 g/mol. The Morgan fingerprint density at radius 3 is 2.45 bits per heavy atom. The van der Waals surface area contributed by atoms with Gasteiger partial charge in [0.1, 0.15) is 12.7 Å². The van der Waals surface area contributed by atoms with Gasteiger partial charge in [-0.15, -0.1) is 0 Å². The van der Waals surface area contributed by atoms with E-state index in [2.05, 4.69) is 37.0 Å². The summed E-state index contributed by atoms with van der Waals surface area (Å²) >= 11 is 0. The molecule has 1 atom stereocenters. The molecule has 0 radical (unpaired) electrons. The van der Waals surface area contributed by atoms with Crippen molar-refractivity contribution in [3.8, 4) is 0 Å². The van der Waals surface area contributed by atoms with E-state index in [9.17, 15) is 14.4 Å². The Balaban J connectivity index is 0.000000331. The average Bonchev–Trinajstić information content (AvgIpc) is 3.48. The fraction of sp³-hybridized carbons (Fsp3) is 0.667. The number of urea groups is 1. The second-order valence-corrected chi connectivity index (χ2v) is 9.04. The van der Waals surface area contributed by atoms with Gasteiger partial charge in [-0.05, 0) is 57.2 Å². The van der Waals surface area contributed by atoms with Crippen molar-refractivity contribution in [2.24, 2.45) is 5.41 Å². The number of likely N-dealkylation sites (tertiary alicyclic amines) is 2. The molecule has 9 heteroatoms. The first-order valence-electron chi connectivity index (χ1n) is 12.0. The number of carbonyl (C=O) groups is 3. The van der Waals surface area contributed by atoms with Gasteiger partial charge >= 0.3 is 12.0 Å². The maximum atomic E-state index is 12.8. The van der Waals surface area contributed by atoms with Crippen molar-refractivity contribution in [1.29, 1.82) is 0 Å². The zero-order valence-corrected chi connectivity index (χ0v) is 19.9. The van der Waals surface area contributed by atoms with E-state index in [0.717, 1.165) is 58.5 Å². The Kier molecular flexibility index (Phi) is 9.05. The first-order valence-corrected chi connectivity index (χ1v) is 12.0. The Labute approximate surface area is 196 Å². The highest BCUT2D eigenvalue weighted by Crippen LogP contribution is 2.42. The highest BCUT2D eigenvalue weighted by Gasteiger charge is 2.42. The number of esters is 1. The van der Waals surface area contributed by atoms with Gasteiger partial charge in [0, 0.05) is 63.4 Å². The molecule has 3 fully saturated rings. The molecule has 3 aliphatic heterocycles. The van der Waals surface area contributed by atoms with Crippen LogP contribution in [0.1, 0.15) is 39.0 Å². The number of amides is 2. The van der Waals surface area contributed by atoms with Crippen molar-refractivity contribution < 1.29 is 19.1 Å². The summed E-state index contributed by atoms with van der Waals surface area (Å²) in [5.74, 6) is -0.456. The molecular formula is C24H37N5O4. The van der Waals surface area contributed by atoms with Gasteiger partial charge in [0.2, 0.25) is 0 Å². The number of pyridine rings is 1. The number of ether oxygens (including phenoxy) is 1. The fourth-order valence-electron chi connectivity index (χ4n) is 4.95. The molecule has 2 amide bonds. The Morgan fingerprint density at radius 2 is 1.85 bits per heavy atom. The van der Waals surface area contributed by atoms with E-state index >= 15 is 0 Å². The first-order chi connectivity index (χ1) is 16.0. The second kappa shape index (κ2) is 12.0. The lowest BCUT2D eigenvalue weighted by Crippen LogP contribution is -2.49. The lowest BCUT2D eigenvalue weighted by molar-refractivity contribution is -0.143. The van der Waals surface area contributed by atoms with E-state index in [1.165, 1.54) is 12.1 Å². The van der Waals surface area contributed by atoms with E-state index in [1.54, 1.807) is 6.92 Å². The zero-order chi connectivity index (χ0) is 23.7. The second-order valence-electron chi connectivity index (χ2n) is 9.04. The van der Waals surface area contributed by atoms with Crippen molar-refractivity contribution >= 4 is 24.0 Å². The van der Waals surface area contributed by atoms with Gasteiger partial charge in [-0.2, -0.15) is 0 Å². The number of rotatable bonds is 5. The number of likely N-dealkylation sites (N-methyl/N-ethyl adjacent to an activating group) is 1. The molecule has 1 aromatic heterocycles. The van der Waals surface area contributed by atoms with Crippen LogP contribution in [0.4, 0.5) is 10.5 Å². The topological polar surface area (TPSA) is 95.1 Å². The van der Waals surface area contributed by atoms with E-state index in [1.807, 2.05) is 24.3 Å². The Hall–Kier alpha value is -2.68. The molecule has 33 heavy (non-hydrogen) atoms. The molecule has 1 N–H and O–H groups in total. The highest BCUT2D eigenvalue weighted by atomic mass is 16.5. The van der Waals surface area contributed by atoms with Crippen molar-refractivity contribution in [1.82, 2.24) is 20.1 Å². The van der Waals surface area contributed by atoms with Crippen LogP contribution in [0, 0.1) is 5.41 Å². The summed E-state index contributed by atoms with van der Waals surface area (Å²) in [7, 11) is 1.98. The molecule has 182 valence electrons. The smallest absolute Gasteiger partial charge is 0.320 e. The minimum atomic E-state index is -0.456. The monoisotopic (exact) mass is 459 g/mol. The highest BCUT2D eigenvalue weighted by molar-refractivity contribution is 5.83. The van der Waals surface area contributed by atoms with Crippen LogP contribution in [0.5, 0.6) is 0 Å². The lowest BCUT2D eigenvalue weighted by atomic mass is 9.78. The summed E-state index contributed by atoms with van der Waals surface area (Å²) in [4.78, 5) is 43.2. The lowest BCUT2D eigenvalue weighted by Gasteiger charge is -2.40. The number of aldehydes is 1. The maximum absolute atomic E-state index is 12.8. The molecule has 0 bridgehead atoms. The van der Waals surface area contributed by atoms with Gasteiger partial charge in [0.05, 0.1) is 6.61 Å². The molecule has 0 aromatic carbocycles. The molecule has 9 nitrogen and oxygen atoms in total. The number of carbonyl (C=O) groups excluding carboxylic acids is 3. The number of anilines is 1. The van der Waals surface area contributed by atoms with Crippen molar-refractivity contribution in [3.63, 3.8) is 0 Å². The first kappa shape index (κ1) is 25.0. The molecule has 3 aliphatic rings. The third kappa shape index (κ3) is 6.66. The van der Waals surface area contributed by atoms with Crippen LogP contribution in [-0.2, 0) is 14.3 Å². The van der Waals surface area contributed by atoms with E-state index in [0.29, 0.717) is 24.3 Å². The largest absolute Gasteiger partial charge is 0.466 e. The van der Waals surface area contributed by atoms with Crippen LogP contribution in [0.25, 0.3) is 0 Å². The van der Waals surface area contributed by atoms with Crippen molar-refractivity contribution in [3.05, 3.63) is 24.5 Å². The van der Waals surface area contributed by atoms with Gasteiger partial charge in [0.25, 0.3) is 0 Å². The summed E-state index contributed by atoms with van der Waals surface area (Å²) in [6, 6.07) is 4.91. The third-order valence-electron chi connectivity index (χ3n) is 6.98. The number of piperidine rings is 1. The summed E-state index contributed by atoms with van der Waals surface area (Å²) in [5, 5.41) is 3.29. The number of nitrogens with zero attached hydrogens (tertiary/aromatic N) is 4. The quantitative estimate of drug-likeness (QED) is 0.408. The predicted molar refractivity (Wildman–Crippen MR) is 126 cm³/mol. The van der Waals surface area contributed by atoms with Crippen molar-refractivity contribution in [2.45, 2.75) is 45.1 Å². The number of hydrogen-bond acceptors (Lipinski definition) is 7. The van der Waals surface area contributed by atoms with Crippen LogP contribution in [-0.4, -0.2) is 92.0 Å². The van der Waals surface area contributed by atoms with Crippen LogP contribution >= 0.6 is 0 Å². The summed E-state index contributed by atoms with van der Waals surface area (Å²) in [6.07, 6.45) is 8.70. The summed E-state index contributed by atoms with van der Waals surface area (Å²) in [5.41, 5.74) is 1.67. The normalized spacial score (nSPS) is 21.5. The molecule has 1 unspecified atom stereocenters. The van der Waals surface area contributed by atoms with E-state index in [-0.39, 0.29) is 12.5 Å². The number of aromatic nitrogens is 1. The predicted octanol–water partition coefficient (Wildman–Crippen LogP) is 1.93.